The molecule has 1 aliphatic heterocycles. The fourth-order valence-corrected chi connectivity index (χ4v) is 2.30. The number of hydrogen-bond acceptors (Lipinski definition) is 4. The topological polar surface area (TPSA) is 83.7 Å². The maximum Gasteiger partial charge on any atom is 0.270 e. The molecule has 0 radical (unpaired) electrons. The lowest BCUT2D eigenvalue weighted by Crippen LogP contribution is -2.42. The zero-order chi connectivity index (χ0) is 14.0. The number of aliphatic hydroxyl groups is 1. The van der Waals surface area contributed by atoms with Crippen molar-refractivity contribution in [2.75, 3.05) is 13.1 Å². The van der Waals surface area contributed by atoms with Crippen molar-refractivity contribution in [2.45, 2.75) is 18.9 Å². The molecule has 1 saturated heterocycles. The molecule has 7 heteroatoms. The average Bonchev–Trinajstić information content (AvgIpc) is 2.38. The number of carbonyl (C=O) groups is 1. The highest BCUT2D eigenvalue weighted by molar-refractivity contribution is 6.33. The smallest absolute Gasteiger partial charge is 0.270 e. The lowest BCUT2D eigenvalue weighted by atomic mass is 10.1. The van der Waals surface area contributed by atoms with E-state index in [4.69, 9.17) is 11.6 Å². The van der Waals surface area contributed by atoms with Crippen LogP contribution >= 0.6 is 11.6 Å². The molecule has 0 bridgehead atoms. The molecular weight excluding hydrogens is 272 g/mol. The van der Waals surface area contributed by atoms with E-state index < -0.39 is 11.0 Å². The molecule has 1 aliphatic rings. The molecule has 1 atom stereocenters. The van der Waals surface area contributed by atoms with E-state index in [1.807, 2.05) is 0 Å². The molecule has 1 heterocycles. The summed E-state index contributed by atoms with van der Waals surface area (Å²) in [6, 6.07) is 3.77. The van der Waals surface area contributed by atoms with Gasteiger partial charge in [0.25, 0.3) is 11.6 Å². The summed E-state index contributed by atoms with van der Waals surface area (Å²) < 4.78 is 0. The van der Waals surface area contributed by atoms with Crippen molar-refractivity contribution >= 4 is 23.2 Å². The highest BCUT2D eigenvalue weighted by Crippen LogP contribution is 2.24. The Kier molecular flexibility index (Phi) is 4.01. The highest BCUT2D eigenvalue weighted by atomic mass is 35.5. The van der Waals surface area contributed by atoms with E-state index in [0.29, 0.717) is 19.4 Å². The first-order chi connectivity index (χ1) is 8.99. The Balaban J connectivity index is 2.27. The number of nitrogens with zero attached hydrogens (tertiary/aromatic N) is 2. The van der Waals surface area contributed by atoms with Gasteiger partial charge in [0.1, 0.15) is 0 Å². The highest BCUT2D eigenvalue weighted by Gasteiger charge is 2.25. The minimum absolute atomic E-state index is 0.102. The Labute approximate surface area is 114 Å². The fourth-order valence-electron chi connectivity index (χ4n) is 2.10. The molecule has 0 spiro atoms. The van der Waals surface area contributed by atoms with Crippen molar-refractivity contribution in [3.63, 3.8) is 0 Å². The maximum atomic E-state index is 12.2. The minimum Gasteiger partial charge on any atom is -0.391 e. The zero-order valence-corrected chi connectivity index (χ0v) is 10.8. The van der Waals surface area contributed by atoms with E-state index in [0.717, 1.165) is 0 Å². The number of amides is 1. The van der Waals surface area contributed by atoms with Gasteiger partial charge in [0.15, 0.2) is 0 Å². The fraction of sp³-hybridized carbons (Fsp3) is 0.417. The number of aliphatic hydroxyl groups excluding tert-OH is 1. The van der Waals surface area contributed by atoms with Crippen molar-refractivity contribution in [3.05, 3.63) is 38.9 Å². The molecule has 1 fully saturated rings. The van der Waals surface area contributed by atoms with E-state index >= 15 is 0 Å². The van der Waals surface area contributed by atoms with Gasteiger partial charge in [-0.25, -0.2) is 0 Å². The summed E-state index contributed by atoms with van der Waals surface area (Å²) in [5.74, 6) is -0.382. The standard InChI is InChI=1S/C12H13ClN2O4/c13-11-4-3-8(15(18)19)6-10(11)12(17)14-5-1-2-9(16)7-14/h3-4,6,9,16H,1-2,5,7H2/t9-/m0/s1. The molecule has 1 N–H and O–H groups in total. The lowest BCUT2D eigenvalue weighted by Gasteiger charge is -2.30. The van der Waals surface area contributed by atoms with E-state index in [2.05, 4.69) is 0 Å². The van der Waals surface area contributed by atoms with Crippen molar-refractivity contribution in [1.29, 1.82) is 0 Å². The second-order valence-corrected chi connectivity index (χ2v) is 4.88. The van der Waals surface area contributed by atoms with Crippen LogP contribution in [-0.4, -0.2) is 40.0 Å². The molecule has 19 heavy (non-hydrogen) atoms. The van der Waals surface area contributed by atoms with Gasteiger partial charge in [0, 0.05) is 25.2 Å². The number of carbonyl (C=O) groups excluding carboxylic acids is 1. The van der Waals surface area contributed by atoms with Gasteiger partial charge in [-0.3, -0.25) is 14.9 Å². The van der Waals surface area contributed by atoms with Gasteiger partial charge in [0.05, 0.1) is 21.6 Å². The number of β-amino-alcohol motifs (C(OH)–C–C–N with tert-alkyl or cyclic N) is 1. The summed E-state index contributed by atoms with van der Waals surface area (Å²) >= 11 is 5.92. The molecule has 1 amide bonds. The summed E-state index contributed by atoms with van der Waals surface area (Å²) in [5, 5.41) is 20.4. The van der Waals surface area contributed by atoms with Crippen molar-refractivity contribution in [3.8, 4) is 0 Å². The number of non-ortho nitro benzene ring substituents is 1. The van der Waals surface area contributed by atoms with Crippen LogP contribution in [0.3, 0.4) is 0 Å². The number of hydrogen-bond donors (Lipinski definition) is 1. The first-order valence-electron chi connectivity index (χ1n) is 5.90. The van der Waals surface area contributed by atoms with E-state index in [9.17, 15) is 20.0 Å². The summed E-state index contributed by atoms with van der Waals surface area (Å²) in [6.45, 7) is 0.757. The zero-order valence-electron chi connectivity index (χ0n) is 10.1. The van der Waals surface area contributed by atoms with Crippen LogP contribution in [0.15, 0.2) is 18.2 Å². The second kappa shape index (κ2) is 5.54. The average molecular weight is 285 g/mol. The van der Waals surface area contributed by atoms with Crippen LogP contribution in [0.4, 0.5) is 5.69 Å². The van der Waals surface area contributed by atoms with Crippen LogP contribution in [-0.2, 0) is 0 Å². The van der Waals surface area contributed by atoms with Gasteiger partial charge in [-0.05, 0) is 18.9 Å². The first-order valence-corrected chi connectivity index (χ1v) is 6.28. The summed E-state index contributed by atoms with van der Waals surface area (Å²) in [5.41, 5.74) is -0.0738. The molecule has 0 aromatic heterocycles. The van der Waals surface area contributed by atoms with E-state index in [1.165, 1.54) is 23.1 Å². The normalized spacial score (nSPS) is 19.3. The van der Waals surface area contributed by atoms with Crippen LogP contribution in [0.1, 0.15) is 23.2 Å². The number of piperidine rings is 1. The lowest BCUT2D eigenvalue weighted by molar-refractivity contribution is -0.384. The number of benzene rings is 1. The van der Waals surface area contributed by atoms with Crippen LogP contribution in [0.25, 0.3) is 0 Å². The molecule has 1 aromatic carbocycles. The summed E-state index contributed by atoms with van der Waals surface area (Å²) in [6.07, 6.45) is 0.821. The summed E-state index contributed by atoms with van der Waals surface area (Å²) in [4.78, 5) is 23.9. The van der Waals surface area contributed by atoms with Gasteiger partial charge < -0.3 is 10.0 Å². The SMILES string of the molecule is O=C(c1cc([N+](=O)[O-])ccc1Cl)N1CCC[C@H](O)C1. The molecule has 6 nitrogen and oxygen atoms in total. The largest absolute Gasteiger partial charge is 0.391 e. The van der Waals surface area contributed by atoms with Crippen LogP contribution < -0.4 is 0 Å². The van der Waals surface area contributed by atoms with Gasteiger partial charge >= 0.3 is 0 Å². The van der Waals surface area contributed by atoms with E-state index in [-0.39, 0.29) is 28.7 Å². The quantitative estimate of drug-likeness (QED) is 0.663. The molecule has 102 valence electrons. The Morgan fingerprint density at radius 3 is 2.89 bits per heavy atom. The van der Waals surface area contributed by atoms with E-state index in [1.54, 1.807) is 0 Å². The Bertz CT molecular complexity index is 520. The number of nitro benzene ring substituents is 1. The minimum atomic E-state index is -0.571. The molecule has 0 saturated carbocycles. The predicted molar refractivity (Wildman–Crippen MR) is 69.3 cm³/mol. The van der Waals surface area contributed by atoms with Gasteiger partial charge in [-0.15, -0.1) is 0 Å². The predicted octanol–water partition coefficient (Wildman–Crippen LogP) is 1.85. The Morgan fingerprint density at radius 1 is 1.53 bits per heavy atom. The van der Waals surface area contributed by atoms with Crippen molar-refractivity contribution in [2.24, 2.45) is 0 Å². The monoisotopic (exact) mass is 284 g/mol. The van der Waals surface area contributed by atoms with Crippen molar-refractivity contribution in [1.82, 2.24) is 4.90 Å². The number of rotatable bonds is 2. The Morgan fingerprint density at radius 2 is 2.26 bits per heavy atom. The van der Waals surface area contributed by atoms with Crippen LogP contribution in [0, 0.1) is 10.1 Å². The third-order valence-electron chi connectivity index (χ3n) is 3.07. The van der Waals surface area contributed by atoms with Crippen LogP contribution in [0.2, 0.25) is 5.02 Å². The third-order valence-corrected chi connectivity index (χ3v) is 3.40. The van der Waals surface area contributed by atoms with Crippen molar-refractivity contribution < 1.29 is 14.8 Å². The molecule has 0 unspecified atom stereocenters. The number of nitro groups is 1. The second-order valence-electron chi connectivity index (χ2n) is 4.47. The molecular formula is C12H13ClN2O4. The third kappa shape index (κ3) is 3.02. The van der Waals surface area contributed by atoms with Crippen LogP contribution in [0.5, 0.6) is 0 Å². The van der Waals surface area contributed by atoms with Gasteiger partial charge in [-0.1, -0.05) is 11.6 Å². The Hall–Kier alpha value is -1.66. The summed E-state index contributed by atoms with van der Waals surface area (Å²) in [7, 11) is 0. The maximum absolute atomic E-state index is 12.2. The molecule has 2 rings (SSSR count). The molecule has 0 aliphatic carbocycles. The number of halogens is 1. The molecule has 1 aromatic rings. The first kappa shape index (κ1) is 13.8. The van der Waals surface area contributed by atoms with Gasteiger partial charge in [-0.2, -0.15) is 0 Å². The van der Waals surface area contributed by atoms with Gasteiger partial charge in [0.2, 0.25) is 0 Å². The number of likely N-dealkylation sites (tertiary alicyclic amines) is 1.